The molecule has 3 aliphatic heterocycles. The van der Waals surface area contributed by atoms with E-state index in [2.05, 4.69) is 28.1 Å². The quantitative estimate of drug-likeness (QED) is 0.592. The van der Waals surface area contributed by atoms with Gasteiger partial charge in [-0.15, -0.1) is 0 Å². The van der Waals surface area contributed by atoms with E-state index < -0.39 is 5.79 Å². The molecule has 156 valence electrons. The van der Waals surface area contributed by atoms with E-state index in [0.717, 1.165) is 45.4 Å². The summed E-state index contributed by atoms with van der Waals surface area (Å²) < 4.78 is 11.0. The van der Waals surface area contributed by atoms with E-state index in [4.69, 9.17) is 9.47 Å². The molecule has 3 aliphatic rings. The average Bonchev–Trinajstić information content (AvgIpc) is 2.78. The van der Waals surface area contributed by atoms with E-state index in [1.54, 1.807) is 19.1 Å². The molecule has 0 unspecified atom stereocenters. The number of hydrogen-bond donors (Lipinski definition) is 3. The molecule has 7 nitrogen and oxygen atoms in total. The van der Waals surface area contributed by atoms with Crippen molar-refractivity contribution >= 4 is 33.9 Å². The number of urea groups is 1. The molecule has 6 rings (SSSR count). The van der Waals surface area contributed by atoms with E-state index in [9.17, 15) is 4.79 Å². The summed E-state index contributed by atoms with van der Waals surface area (Å²) in [5.74, 6) is 0.399. The summed E-state index contributed by atoms with van der Waals surface area (Å²) in [6, 6.07) is 16.1. The highest BCUT2D eigenvalue weighted by Gasteiger charge is 2.42. The van der Waals surface area contributed by atoms with Gasteiger partial charge in [0.2, 0.25) is 5.79 Å². The van der Waals surface area contributed by atoms with Crippen LogP contribution in [0.5, 0.6) is 11.5 Å². The Hall–Kier alpha value is -3.87. The zero-order chi connectivity index (χ0) is 21.2. The normalized spacial score (nSPS) is 17.7. The van der Waals surface area contributed by atoms with E-state index in [0.29, 0.717) is 18.0 Å². The fourth-order valence-electron chi connectivity index (χ4n) is 4.85. The summed E-state index contributed by atoms with van der Waals surface area (Å²) in [4.78, 5) is 15.0. The fourth-order valence-corrected chi connectivity index (χ4v) is 4.85. The maximum Gasteiger partial charge on any atom is 0.325 e. The van der Waals surface area contributed by atoms with Crippen molar-refractivity contribution in [2.45, 2.75) is 12.2 Å². The number of carbonyl (C=O) groups excluding carboxylic acids is 1. The molecule has 0 aliphatic carbocycles. The monoisotopic (exact) mass is 414 g/mol. The first-order chi connectivity index (χ1) is 15.1. The molecule has 3 heterocycles. The third-order valence-corrected chi connectivity index (χ3v) is 6.25. The maximum absolute atomic E-state index is 13.2. The van der Waals surface area contributed by atoms with Gasteiger partial charge in [-0.2, -0.15) is 0 Å². The minimum Gasteiger partial charge on any atom is -0.493 e. The Morgan fingerprint density at radius 2 is 1.61 bits per heavy atom. The highest BCUT2D eigenvalue weighted by Crippen LogP contribution is 2.43. The first-order valence-electron chi connectivity index (χ1n) is 10.3. The van der Waals surface area contributed by atoms with Crippen LogP contribution in [-0.2, 0) is 6.42 Å². The summed E-state index contributed by atoms with van der Waals surface area (Å²) in [6.07, 6.45) is 2.80. The third-order valence-electron chi connectivity index (χ3n) is 6.25. The molecule has 0 saturated carbocycles. The van der Waals surface area contributed by atoms with Crippen LogP contribution < -0.4 is 25.4 Å². The zero-order valence-corrected chi connectivity index (χ0v) is 17.3. The molecule has 7 heteroatoms. The van der Waals surface area contributed by atoms with Crippen LogP contribution in [0.4, 0.5) is 16.2 Å². The number of nitrogens with zero attached hydrogens (tertiary/aromatic N) is 1. The van der Waals surface area contributed by atoms with Crippen molar-refractivity contribution < 1.29 is 14.3 Å². The molecular weight excluding hydrogens is 392 g/mol. The second-order valence-corrected chi connectivity index (χ2v) is 7.99. The van der Waals surface area contributed by atoms with Gasteiger partial charge >= 0.3 is 6.03 Å². The number of rotatable bonds is 2. The molecule has 31 heavy (non-hydrogen) atoms. The minimum absolute atomic E-state index is 0.149. The van der Waals surface area contributed by atoms with Crippen LogP contribution >= 0.6 is 0 Å². The van der Waals surface area contributed by atoms with Crippen molar-refractivity contribution in [1.82, 2.24) is 10.2 Å². The average molecular weight is 414 g/mol. The molecule has 0 aromatic heterocycles. The Labute approximate surface area is 179 Å². The van der Waals surface area contributed by atoms with Crippen molar-refractivity contribution in [3.8, 4) is 11.5 Å². The molecule has 0 bridgehead atoms. The molecule has 0 atom stereocenters. The molecule has 3 aromatic carbocycles. The van der Waals surface area contributed by atoms with Crippen LogP contribution in [0.3, 0.4) is 0 Å². The number of fused-ring (bicyclic) bond motifs is 3. The lowest BCUT2D eigenvalue weighted by molar-refractivity contribution is 0.207. The van der Waals surface area contributed by atoms with Crippen LogP contribution in [0.15, 0.2) is 54.6 Å². The van der Waals surface area contributed by atoms with Crippen molar-refractivity contribution in [2.75, 3.05) is 31.4 Å². The molecule has 0 radical (unpaired) electrons. The number of benzene rings is 3. The number of amides is 2. The lowest BCUT2D eigenvalue weighted by atomic mass is 9.92. The highest BCUT2D eigenvalue weighted by atomic mass is 16.5. The summed E-state index contributed by atoms with van der Waals surface area (Å²) in [7, 11) is 3.26. The van der Waals surface area contributed by atoms with Gasteiger partial charge in [0.05, 0.1) is 19.9 Å². The standard InChI is InChI=1S/C24H22N4O3/c1-30-20-11-15-9-10-28-19(16(15)12-21(20)31-2)13-24(27-23(28)29)25-17-7-3-5-14-6-4-8-18(26-24)22(14)17/h3-8,11-13,25-26H,9-10H2,1-2H3,(H,27,29). The second-order valence-electron chi connectivity index (χ2n) is 7.99. The Balaban J connectivity index is 1.52. The van der Waals surface area contributed by atoms with Gasteiger partial charge in [-0.3, -0.25) is 10.2 Å². The topological polar surface area (TPSA) is 74.9 Å². The number of ether oxygens (including phenoxy) is 2. The predicted molar refractivity (Wildman–Crippen MR) is 120 cm³/mol. The Morgan fingerprint density at radius 3 is 2.29 bits per heavy atom. The highest BCUT2D eigenvalue weighted by molar-refractivity contribution is 6.06. The summed E-state index contributed by atoms with van der Waals surface area (Å²) in [6.45, 7) is 0.600. The van der Waals surface area contributed by atoms with E-state index in [1.165, 1.54) is 0 Å². The van der Waals surface area contributed by atoms with Gasteiger partial charge in [-0.1, -0.05) is 24.3 Å². The smallest absolute Gasteiger partial charge is 0.325 e. The molecule has 2 amide bonds. The Morgan fingerprint density at radius 1 is 0.935 bits per heavy atom. The number of anilines is 2. The van der Waals surface area contributed by atoms with Crippen LogP contribution in [0.1, 0.15) is 11.1 Å². The second kappa shape index (κ2) is 6.31. The fraction of sp³-hybridized carbons (Fsp3) is 0.208. The minimum atomic E-state index is -0.937. The first-order valence-corrected chi connectivity index (χ1v) is 10.3. The molecule has 0 saturated heterocycles. The van der Waals surface area contributed by atoms with Crippen LogP contribution in [0, 0.1) is 0 Å². The Kier molecular flexibility index (Phi) is 3.65. The number of methoxy groups -OCH3 is 2. The molecule has 3 N–H and O–H groups in total. The van der Waals surface area contributed by atoms with Gasteiger partial charge in [0, 0.05) is 34.9 Å². The zero-order valence-electron chi connectivity index (χ0n) is 17.3. The molecule has 0 fully saturated rings. The van der Waals surface area contributed by atoms with Crippen molar-refractivity contribution in [1.29, 1.82) is 0 Å². The number of nitrogens with one attached hydrogen (secondary N) is 3. The number of hydrogen-bond acceptors (Lipinski definition) is 5. The van der Waals surface area contributed by atoms with Gasteiger partial charge < -0.3 is 20.1 Å². The van der Waals surface area contributed by atoms with Crippen molar-refractivity contribution in [3.63, 3.8) is 0 Å². The van der Waals surface area contributed by atoms with Gasteiger partial charge in [-0.25, -0.2) is 4.79 Å². The van der Waals surface area contributed by atoms with Crippen LogP contribution in [0.2, 0.25) is 0 Å². The SMILES string of the molecule is COc1cc2c(cc1OC)C1=CC3(NC(=O)N1CC2)Nc1cccc2cccc(c12)N3. The van der Waals surface area contributed by atoms with Crippen molar-refractivity contribution in [2.24, 2.45) is 0 Å². The molecular formula is C24H22N4O3. The van der Waals surface area contributed by atoms with Gasteiger partial charge in [0.25, 0.3) is 0 Å². The first kappa shape index (κ1) is 17.9. The molecule has 1 spiro atoms. The van der Waals surface area contributed by atoms with Gasteiger partial charge in [0.15, 0.2) is 11.5 Å². The third kappa shape index (κ3) is 2.56. The summed E-state index contributed by atoms with van der Waals surface area (Å²) >= 11 is 0. The predicted octanol–water partition coefficient (Wildman–Crippen LogP) is 3.97. The lowest BCUT2D eigenvalue weighted by Gasteiger charge is -2.46. The van der Waals surface area contributed by atoms with Crippen LogP contribution in [-0.4, -0.2) is 37.5 Å². The van der Waals surface area contributed by atoms with Gasteiger partial charge in [0.1, 0.15) is 0 Å². The van der Waals surface area contributed by atoms with E-state index in [1.807, 2.05) is 42.5 Å². The van der Waals surface area contributed by atoms with E-state index in [-0.39, 0.29) is 6.03 Å². The van der Waals surface area contributed by atoms with Crippen molar-refractivity contribution in [3.05, 3.63) is 65.7 Å². The Bertz CT molecular complexity index is 1240. The van der Waals surface area contributed by atoms with E-state index >= 15 is 0 Å². The number of carbonyl (C=O) groups is 1. The van der Waals surface area contributed by atoms with Gasteiger partial charge in [-0.05, 0) is 41.6 Å². The van der Waals surface area contributed by atoms with Crippen LogP contribution in [0.25, 0.3) is 16.5 Å². The lowest BCUT2D eigenvalue weighted by Crippen LogP contribution is -2.65. The summed E-state index contributed by atoms with van der Waals surface area (Å²) in [5.41, 5.74) is 4.89. The molecule has 3 aromatic rings. The maximum atomic E-state index is 13.2. The largest absolute Gasteiger partial charge is 0.493 e. The summed E-state index contributed by atoms with van der Waals surface area (Å²) in [5, 5.41) is 12.4.